The second kappa shape index (κ2) is 8.48. The molecule has 0 aliphatic rings. The van der Waals surface area contributed by atoms with Gasteiger partial charge >= 0.3 is 0 Å². The maximum atomic E-state index is 12.9. The number of anilines is 1. The summed E-state index contributed by atoms with van der Waals surface area (Å²) in [4.78, 5) is 30.0. The van der Waals surface area contributed by atoms with Crippen molar-refractivity contribution in [1.29, 1.82) is 0 Å². The van der Waals surface area contributed by atoms with Crippen LogP contribution in [0.1, 0.15) is 50.9 Å². The number of oxazole rings is 1. The fourth-order valence-electron chi connectivity index (χ4n) is 2.95. The van der Waals surface area contributed by atoms with E-state index in [0.717, 1.165) is 0 Å². The Morgan fingerprint density at radius 2 is 1.80 bits per heavy atom. The number of halogens is 1. The lowest BCUT2D eigenvalue weighted by Crippen LogP contribution is -2.47. The van der Waals surface area contributed by atoms with E-state index in [1.165, 1.54) is 0 Å². The Kier molecular flexibility index (Phi) is 6.17. The summed E-state index contributed by atoms with van der Waals surface area (Å²) in [5, 5.41) is 5.99. The van der Waals surface area contributed by atoms with Crippen molar-refractivity contribution >= 4 is 40.2 Å². The van der Waals surface area contributed by atoms with Crippen LogP contribution in [0.5, 0.6) is 0 Å². The largest absolute Gasteiger partial charge is 0.440 e. The summed E-state index contributed by atoms with van der Waals surface area (Å²) in [6, 6.07) is 11.3. The van der Waals surface area contributed by atoms with Gasteiger partial charge in [0, 0.05) is 11.1 Å². The molecule has 6 nitrogen and oxygen atoms in total. The first-order valence-electron chi connectivity index (χ1n) is 9.83. The van der Waals surface area contributed by atoms with E-state index in [4.69, 9.17) is 16.0 Å². The van der Waals surface area contributed by atoms with Gasteiger partial charge in [-0.05, 0) is 36.2 Å². The summed E-state index contributed by atoms with van der Waals surface area (Å²) < 4.78 is 5.80. The highest BCUT2D eigenvalue weighted by Gasteiger charge is 2.26. The molecule has 0 spiro atoms. The molecule has 0 saturated heterocycles. The molecule has 1 unspecified atom stereocenters. The van der Waals surface area contributed by atoms with Crippen LogP contribution in [-0.2, 0) is 10.2 Å². The smallest absolute Gasteiger partial charge is 0.253 e. The third-order valence-corrected chi connectivity index (χ3v) is 4.98. The van der Waals surface area contributed by atoms with Crippen LogP contribution in [0, 0.1) is 5.92 Å². The first-order chi connectivity index (χ1) is 14.1. The molecule has 2 aromatic carbocycles. The number of carbonyl (C=O) groups is 2. The summed E-state index contributed by atoms with van der Waals surface area (Å²) in [6.45, 7) is 9.81. The average Bonchev–Trinajstić information content (AvgIpc) is 3.09. The molecule has 158 valence electrons. The topological polar surface area (TPSA) is 84.2 Å². The summed E-state index contributed by atoms with van der Waals surface area (Å²) in [5.74, 6) is -0.201. The van der Waals surface area contributed by atoms with Crippen LogP contribution in [0.25, 0.3) is 11.1 Å². The van der Waals surface area contributed by atoms with Crippen molar-refractivity contribution in [2.24, 2.45) is 5.92 Å². The predicted octanol–water partition coefficient (Wildman–Crippen LogP) is 5.17. The van der Waals surface area contributed by atoms with Gasteiger partial charge in [0.05, 0.1) is 10.6 Å². The predicted molar refractivity (Wildman–Crippen MR) is 119 cm³/mol. The van der Waals surface area contributed by atoms with Crippen LogP contribution >= 0.6 is 11.6 Å². The quantitative estimate of drug-likeness (QED) is 0.588. The maximum Gasteiger partial charge on any atom is 0.253 e. The van der Waals surface area contributed by atoms with Gasteiger partial charge in [-0.2, -0.15) is 0 Å². The Labute approximate surface area is 181 Å². The van der Waals surface area contributed by atoms with Gasteiger partial charge in [-0.3, -0.25) is 9.59 Å². The lowest BCUT2D eigenvalue weighted by Gasteiger charge is -2.22. The zero-order valence-electron chi connectivity index (χ0n) is 17.7. The van der Waals surface area contributed by atoms with Gasteiger partial charge in [-0.1, -0.05) is 58.4 Å². The molecule has 2 amide bonds. The summed E-state index contributed by atoms with van der Waals surface area (Å²) in [7, 11) is 0. The van der Waals surface area contributed by atoms with Crippen molar-refractivity contribution in [3.05, 3.63) is 58.9 Å². The number of nitrogens with zero attached hydrogens (tertiary/aromatic N) is 1. The van der Waals surface area contributed by atoms with Crippen molar-refractivity contribution in [2.75, 3.05) is 5.32 Å². The number of rotatable bonds is 5. The standard InChI is InChI=1S/C23H26ClN3O3/c1-13(2)19(27-20(28)15-8-6-7-9-16(15)24)21(29)25-14-10-11-18-17(12-14)26-22(30-18)23(3,4)5/h6-13,19H,1-5H3,(H,25,29)(H,27,28). The average molecular weight is 428 g/mol. The zero-order valence-corrected chi connectivity index (χ0v) is 18.5. The Morgan fingerprint density at radius 1 is 1.10 bits per heavy atom. The van der Waals surface area contributed by atoms with E-state index in [0.29, 0.717) is 33.3 Å². The molecule has 0 fully saturated rings. The van der Waals surface area contributed by atoms with Crippen LogP contribution in [0.3, 0.4) is 0 Å². The molecule has 0 saturated carbocycles. The van der Waals surface area contributed by atoms with E-state index in [1.54, 1.807) is 42.5 Å². The minimum Gasteiger partial charge on any atom is -0.440 e. The van der Waals surface area contributed by atoms with E-state index in [9.17, 15) is 9.59 Å². The Morgan fingerprint density at radius 3 is 2.43 bits per heavy atom. The first-order valence-corrected chi connectivity index (χ1v) is 10.2. The number of hydrogen-bond donors (Lipinski definition) is 2. The Balaban J connectivity index is 1.78. The van der Waals surface area contributed by atoms with Crippen molar-refractivity contribution < 1.29 is 14.0 Å². The van der Waals surface area contributed by atoms with Crippen molar-refractivity contribution in [1.82, 2.24) is 10.3 Å². The van der Waals surface area contributed by atoms with Gasteiger partial charge in [0.2, 0.25) is 11.8 Å². The molecule has 0 bridgehead atoms. The number of nitrogens with one attached hydrogen (secondary N) is 2. The molecular weight excluding hydrogens is 402 g/mol. The molecule has 0 radical (unpaired) electrons. The minimum atomic E-state index is -0.730. The van der Waals surface area contributed by atoms with Gasteiger partial charge in [-0.15, -0.1) is 0 Å². The van der Waals surface area contributed by atoms with E-state index >= 15 is 0 Å². The molecule has 2 N–H and O–H groups in total. The summed E-state index contributed by atoms with van der Waals surface area (Å²) in [6.07, 6.45) is 0. The van der Waals surface area contributed by atoms with Gasteiger partial charge in [-0.25, -0.2) is 4.98 Å². The van der Waals surface area contributed by atoms with Gasteiger partial charge < -0.3 is 15.1 Å². The molecule has 7 heteroatoms. The van der Waals surface area contributed by atoms with Crippen molar-refractivity contribution in [3.63, 3.8) is 0 Å². The van der Waals surface area contributed by atoms with Crippen LogP contribution in [0.4, 0.5) is 5.69 Å². The SMILES string of the molecule is CC(C)C(NC(=O)c1ccccc1Cl)C(=O)Nc1ccc2oc(C(C)(C)C)nc2c1. The Hall–Kier alpha value is -2.86. The summed E-state index contributed by atoms with van der Waals surface area (Å²) in [5.41, 5.74) is 2.02. The lowest BCUT2D eigenvalue weighted by molar-refractivity contribution is -0.118. The molecule has 3 aromatic rings. The van der Waals surface area contributed by atoms with E-state index in [2.05, 4.69) is 15.6 Å². The molecule has 1 heterocycles. The van der Waals surface area contributed by atoms with Crippen LogP contribution in [0.15, 0.2) is 46.9 Å². The first kappa shape index (κ1) is 21.8. The van der Waals surface area contributed by atoms with Crippen molar-refractivity contribution in [3.8, 4) is 0 Å². The number of fused-ring (bicyclic) bond motifs is 1. The van der Waals surface area contributed by atoms with E-state index < -0.39 is 11.9 Å². The molecule has 1 aromatic heterocycles. The van der Waals surface area contributed by atoms with E-state index in [-0.39, 0.29) is 17.2 Å². The number of aromatic nitrogens is 1. The second-order valence-electron chi connectivity index (χ2n) is 8.62. The fourth-order valence-corrected chi connectivity index (χ4v) is 3.17. The minimum absolute atomic E-state index is 0.125. The molecule has 1 atom stereocenters. The van der Waals surface area contributed by atoms with Gasteiger partial charge in [0.15, 0.2) is 5.58 Å². The van der Waals surface area contributed by atoms with E-state index in [1.807, 2.05) is 34.6 Å². The highest BCUT2D eigenvalue weighted by Crippen LogP contribution is 2.27. The van der Waals surface area contributed by atoms with Crippen LogP contribution < -0.4 is 10.6 Å². The number of amides is 2. The zero-order chi connectivity index (χ0) is 22.1. The lowest BCUT2D eigenvalue weighted by atomic mass is 9.97. The van der Waals surface area contributed by atoms with Crippen LogP contribution in [0.2, 0.25) is 5.02 Å². The molecule has 0 aliphatic carbocycles. The molecule has 3 rings (SSSR count). The number of carbonyl (C=O) groups excluding carboxylic acids is 2. The highest BCUT2D eigenvalue weighted by atomic mass is 35.5. The van der Waals surface area contributed by atoms with Crippen molar-refractivity contribution in [2.45, 2.75) is 46.1 Å². The number of benzene rings is 2. The monoisotopic (exact) mass is 427 g/mol. The second-order valence-corrected chi connectivity index (χ2v) is 9.02. The third-order valence-electron chi connectivity index (χ3n) is 4.65. The van der Waals surface area contributed by atoms with Gasteiger partial charge in [0.25, 0.3) is 5.91 Å². The normalized spacial score (nSPS) is 12.8. The summed E-state index contributed by atoms with van der Waals surface area (Å²) >= 11 is 6.10. The van der Waals surface area contributed by atoms with Crippen LogP contribution in [-0.4, -0.2) is 22.8 Å². The molecule has 0 aliphatic heterocycles. The molecular formula is C23H26ClN3O3. The van der Waals surface area contributed by atoms with Gasteiger partial charge in [0.1, 0.15) is 11.6 Å². The fraction of sp³-hybridized carbons (Fsp3) is 0.348. The highest BCUT2D eigenvalue weighted by molar-refractivity contribution is 6.33. The third kappa shape index (κ3) is 4.82. The number of hydrogen-bond acceptors (Lipinski definition) is 4. The maximum absolute atomic E-state index is 12.9. The molecule has 30 heavy (non-hydrogen) atoms. The Bertz CT molecular complexity index is 1080.